The summed E-state index contributed by atoms with van der Waals surface area (Å²) in [7, 11) is 0. The lowest BCUT2D eigenvalue weighted by Crippen LogP contribution is -2.45. The second-order valence-corrected chi connectivity index (χ2v) is 6.55. The van der Waals surface area contributed by atoms with Crippen LogP contribution in [0.2, 0.25) is 0 Å². The van der Waals surface area contributed by atoms with Gasteiger partial charge in [-0.05, 0) is 51.0 Å². The summed E-state index contributed by atoms with van der Waals surface area (Å²) < 4.78 is 0. The molecule has 4 heteroatoms. The lowest BCUT2D eigenvalue weighted by atomic mass is 9.90. The van der Waals surface area contributed by atoms with E-state index in [-0.39, 0.29) is 17.9 Å². The van der Waals surface area contributed by atoms with Crippen molar-refractivity contribution in [1.29, 1.82) is 0 Å². The van der Waals surface area contributed by atoms with E-state index in [4.69, 9.17) is 0 Å². The first kappa shape index (κ1) is 17.7. The molecule has 0 aromatic heterocycles. The number of nitrogens with one attached hydrogen (secondary N) is 2. The average Bonchev–Trinajstić information content (AvgIpc) is 2.55. The van der Waals surface area contributed by atoms with Crippen molar-refractivity contribution in [3.8, 4) is 0 Å². The summed E-state index contributed by atoms with van der Waals surface area (Å²) in [6, 6.07) is 17.0. The van der Waals surface area contributed by atoms with Gasteiger partial charge in [0.2, 0.25) is 11.8 Å². The first-order valence-electron chi connectivity index (χ1n) is 8.04. The van der Waals surface area contributed by atoms with E-state index in [1.807, 2.05) is 68.4 Å². The molecule has 1 unspecified atom stereocenters. The van der Waals surface area contributed by atoms with Crippen molar-refractivity contribution in [3.05, 3.63) is 65.7 Å². The Morgan fingerprint density at radius 3 is 2.25 bits per heavy atom. The molecule has 0 heterocycles. The predicted molar refractivity (Wildman–Crippen MR) is 96.6 cm³/mol. The minimum atomic E-state index is -1.17. The number of rotatable bonds is 5. The monoisotopic (exact) mass is 324 g/mol. The van der Waals surface area contributed by atoms with Crippen molar-refractivity contribution in [3.63, 3.8) is 0 Å². The maximum atomic E-state index is 12.6. The molecule has 0 fully saturated rings. The Morgan fingerprint density at radius 1 is 0.958 bits per heavy atom. The third-order valence-electron chi connectivity index (χ3n) is 4.06. The topological polar surface area (TPSA) is 58.2 Å². The summed E-state index contributed by atoms with van der Waals surface area (Å²) in [5.74, 6) is -0.630. The van der Waals surface area contributed by atoms with Crippen LogP contribution in [0, 0.1) is 12.3 Å². The van der Waals surface area contributed by atoms with Crippen molar-refractivity contribution in [2.45, 2.75) is 33.7 Å². The molecule has 2 aromatic carbocycles. The molecule has 0 saturated carbocycles. The number of carbonyl (C=O) groups excluding carboxylic acids is 2. The summed E-state index contributed by atoms with van der Waals surface area (Å²) in [6.07, 6.45) is 0. The van der Waals surface area contributed by atoms with Gasteiger partial charge < -0.3 is 10.6 Å². The predicted octanol–water partition coefficient (Wildman–Crippen LogP) is 3.84. The highest BCUT2D eigenvalue weighted by Crippen LogP contribution is 2.22. The molecule has 0 aliphatic rings. The van der Waals surface area contributed by atoms with Gasteiger partial charge in [-0.25, -0.2) is 0 Å². The number of carbonyl (C=O) groups is 2. The molecule has 0 spiro atoms. The van der Waals surface area contributed by atoms with Crippen molar-refractivity contribution >= 4 is 17.5 Å². The largest absolute Gasteiger partial charge is 0.349 e. The molecular formula is C20H24N2O2. The molecular weight excluding hydrogens is 300 g/mol. The zero-order chi connectivity index (χ0) is 17.7. The van der Waals surface area contributed by atoms with Gasteiger partial charge in [0.25, 0.3) is 0 Å². The minimum Gasteiger partial charge on any atom is -0.349 e. The third kappa shape index (κ3) is 4.22. The molecule has 0 aliphatic heterocycles. The van der Waals surface area contributed by atoms with Crippen LogP contribution >= 0.6 is 0 Å². The molecule has 2 rings (SSSR count). The average molecular weight is 324 g/mol. The third-order valence-corrected chi connectivity index (χ3v) is 4.06. The molecule has 2 amide bonds. The van der Waals surface area contributed by atoms with Crippen LogP contribution in [-0.4, -0.2) is 11.8 Å². The molecule has 4 nitrogen and oxygen atoms in total. The van der Waals surface area contributed by atoms with Crippen molar-refractivity contribution < 1.29 is 9.59 Å². The number of anilines is 1. The smallest absolute Gasteiger partial charge is 0.239 e. The SMILES string of the molecule is Cc1cccc(NC(=O)C(C)(C)C(=O)NC(C)c2ccccc2)c1. The Bertz CT molecular complexity index is 723. The Kier molecular flexibility index (Phi) is 5.39. The lowest BCUT2D eigenvalue weighted by Gasteiger charge is -2.25. The van der Waals surface area contributed by atoms with E-state index in [0.717, 1.165) is 11.1 Å². The van der Waals surface area contributed by atoms with Crippen LogP contribution in [0.15, 0.2) is 54.6 Å². The Morgan fingerprint density at radius 2 is 1.62 bits per heavy atom. The molecule has 1 atom stereocenters. The van der Waals surface area contributed by atoms with Gasteiger partial charge in [-0.3, -0.25) is 9.59 Å². The number of hydrogen-bond acceptors (Lipinski definition) is 2. The summed E-state index contributed by atoms with van der Waals surface area (Å²) in [5.41, 5.74) is 1.57. The second kappa shape index (κ2) is 7.30. The number of aryl methyl sites for hydroxylation is 1. The van der Waals surface area contributed by atoms with Crippen LogP contribution in [0.3, 0.4) is 0 Å². The molecule has 2 N–H and O–H groups in total. The second-order valence-electron chi connectivity index (χ2n) is 6.55. The van der Waals surface area contributed by atoms with Gasteiger partial charge >= 0.3 is 0 Å². The fourth-order valence-electron chi connectivity index (χ4n) is 2.32. The fourth-order valence-corrected chi connectivity index (χ4v) is 2.32. The van der Waals surface area contributed by atoms with Crippen molar-refractivity contribution in [2.75, 3.05) is 5.32 Å². The highest BCUT2D eigenvalue weighted by Gasteiger charge is 2.36. The normalized spacial score (nSPS) is 12.3. The van der Waals surface area contributed by atoms with E-state index in [0.29, 0.717) is 5.69 Å². The first-order valence-corrected chi connectivity index (χ1v) is 8.04. The Hall–Kier alpha value is -2.62. The highest BCUT2D eigenvalue weighted by molar-refractivity contribution is 6.09. The maximum absolute atomic E-state index is 12.6. The zero-order valence-electron chi connectivity index (χ0n) is 14.6. The van der Waals surface area contributed by atoms with Gasteiger partial charge in [0, 0.05) is 5.69 Å². The van der Waals surface area contributed by atoms with E-state index >= 15 is 0 Å². The zero-order valence-corrected chi connectivity index (χ0v) is 14.6. The highest BCUT2D eigenvalue weighted by atomic mass is 16.2. The van der Waals surface area contributed by atoms with Crippen LogP contribution in [-0.2, 0) is 9.59 Å². The van der Waals surface area contributed by atoms with Crippen LogP contribution in [0.25, 0.3) is 0 Å². The Balaban J connectivity index is 2.05. The lowest BCUT2D eigenvalue weighted by molar-refractivity contribution is -0.138. The van der Waals surface area contributed by atoms with Crippen LogP contribution in [0.4, 0.5) is 5.69 Å². The van der Waals surface area contributed by atoms with Gasteiger partial charge in [-0.2, -0.15) is 0 Å². The quantitative estimate of drug-likeness (QED) is 0.821. The van der Waals surface area contributed by atoms with Gasteiger partial charge in [0.15, 0.2) is 0 Å². The fraction of sp³-hybridized carbons (Fsp3) is 0.300. The van der Waals surface area contributed by atoms with E-state index in [2.05, 4.69) is 10.6 Å². The van der Waals surface area contributed by atoms with Crippen LogP contribution in [0.5, 0.6) is 0 Å². The minimum absolute atomic E-state index is 0.162. The molecule has 2 aromatic rings. The molecule has 0 aliphatic carbocycles. The molecule has 0 radical (unpaired) electrons. The van der Waals surface area contributed by atoms with Gasteiger partial charge in [0.05, 0.1) is 6.04 Å². The summed E-state index contributed by atoms with van der Waals surface area (Å²) in [6.45, 7) is 7.12. The first-order chi connectivity index (χ1) is 11.3. The number of hydrogen-bond donors (Lipinski definition) is 2. The van der Waals surface area contributed by atoms with Gasteiger partial charge in [-0.15, -0.1) is 0 Å². The molecule has 0 bridgehead atoms. The number of benzene rings is 2. The van der Waals surface area contributed by atoms with E-state index in [1.54, 1.807) is 13.8 Å². The molecule has 126 valence electrons. The summed E-state index contributed by atoms with van der Waals surface area (Å²) >= 11 is 0. The van der Waals surface area contributed by atoms with Gasteiger partial charge in [-0.1, -0.05) is 42.5 Å². The van der Waals surface area contributed by atoms with Gasteiger partial charge in [0.1, 0.15) is 5.41 Å². The standard InChI is InChI=1S/C20H24N2O2/c1-14-9-8-12-17(13-14)22-19(24)20(3,4)18(23)21-15(2)16-10-6-5-7-11-16/h5-13,15H,1-4H3,(H,21,23)(H,22,24). The number of amides is 2. The van der Waals surface area contributed by atoms with E-state index < -0.39 is 5.41 Å². The van der Waals surface area contributed by atoms with E-state index in [9.17, 15) is 9.59 Å². The van der Waals surface area contributed by atoms with Crippen LogP contribution in [0.1, 0.15) is 37.9 Å². The van der Waals surface area contributed by atoms with E-state index in [1.165, 1.54) is 0 Å². The van der Waals surface area contributed by atoms with Crippen molar-refractivity contribution in [2.24, 2.45) is 5.41 Å². The summed E-state index contributed by atoms with van der Waals surface area (Å²) in [4.78, 5) is 25.1. The molecule has 24 heavy (non-hydrogen) atoms. The Labute approximate surface area is 143 Å². The summed E-state index contributed by atoms with van der Waals surface area (Å²) in [5, 5.41) is 5.73. The van der Waals surface area contributed by atoms with Crippen molar-refractivity contribution in [1.82, 2.24) is 5.32 Å². The van der Waals surface area contributed by atoms with Crippen LogP contribution < -0.4 is 10.6 Å². The molecule has 0 saturated heterocycles. The maximum Gasteiger partial charge on any atom is 0.239 e.